The van der Waals surface area contributed by atoms with E-state index < -0.39 is 0 Å². The maximum absolute atomic E-state index is 11.7. The van der Waals surface area contributed by atoms with Crippen LogP contribution >= 0.6 is 11.3 Å². The number of aromatic amines is 1. The summed E-state index contributed by atoms with van der Waals surface area (Å²) in [4.78, 5) is 23.5. The quantitative estimate of drug-likeness (QED) is 0.778. The molecule has 0 radical (unpaired) electrons. The van der Waals surface area contributed by atoms with Crippen LogP contribution in [0.1, 0.15) is 24.5 Å². The summed E-state index contributed by atoms with van der Waals surface area (Å²) in [6.07, 6.45) is 4.04. The molecule has 0 amide bonds. The van der Waals surface area contributed by atoms with Gasteiger partial charge in [-0.15, -0.1) is 11.3 Å². The van der Waals surface area contributed by atoms with Crippen molar-refractivity contribution >= 4 is 21.6 Å². The first kappa shape index (κ1) is 10.9. The zero-order chi connectivity index (χ0) is 12.8. The van der Waals surface area contributed by atoms with Crippen molar-refractivity contribution in [3.63, 3.8) is 0 Å². The lowest BCUT2D eigenvalue weighted by molar-refractivity contribution is 0.976. The number of rotatable bonds is 2. The molecule has 1 aliphatic rings. The van der Waals surface area contributed by atoms with Gasteiger partial charge in [0.15, 0.2) is 0 Å². The average Bonchev–Trinajstić information content (AvgIpc) is 3.16. The fourth-order valence-corrected chi connectivity index (χ4v) is 2.96. The van der Waals surface area contributed by atoms with Gasteiger partial charge >= 0.3 is 0 Å². The monoisotopic (exact) mass is 269 g/mol. The summed E-state index contributed by atoms with van der Waals surface area (Å²) >= 11 is 1.64. The van der Waals surface area contributed by atoms with Crippen molar-refractivity contribution in [2.24, 2.45) is 0 Å². The van der Waals surface area contributed by atoms with E-state index in [1.807, 2.05) is 17.5 Å². The van der Waals surface area contributed by atoms with Crippen molar-refractivity contribution in [1.29, 1.82) is 0 Å². The van der Waals surface area contributed by atoms with Gasteiger partial charge in [-0.25, -0.2) is 4.98 Å². The maximum atomic E-state index is 11.7. The molecule has 0 bridgehead atoms. The molecule has 5 heteroatoms. The molecule has 1 fully saturated rings. The SMILES string of the molecule is O=c1cc(C2CC2)nc(-c2cnc3ccsc3c2)[nH]1. The summed E-state index contributed by atoms with van der Waals surface area (Å²) in [7, 11) is 0. The molecule has 0 aliphatic heterocycles. The van der Waals surface area contributed by atoms with Gasteiger partial charge in [0.1, 0.15) is 5.82 Å². The molecule has 1 N–H and O–H groups in total. The van der Waals surface area contributed by atoms with Gasteiger partial charge in [-0.1, -0.05) is 0 Å². The number of pyridine rings is 1. The lowest BCUT2D eigenvalue weighted by Crippen LogP contribution is -2.09. The van der Waals surface area contributed by atoms with E-state index in [4.69, 9.17) is 0 Å². The fourth-order valence-electron chi connectivity index (χ4n) is 2.18. The first-order valence-corrected chi connectivity index (χ1v) is 7.12. The number of aromatic nitrogens is 3. The first-order valence-electron chi connectivity index (χ1n) is 6.24. The minimum atomic E-state index is -0.0850. The molecule has 0 unspecified atom stereocenters. The highest BCUT2D eigenvalue weighted by Gasteiger charge is 2.25. The zero-order valence-corrected chi connectivity index (χ0v) is 10.9. The second-order valence-electron chi connectivity index (χ2n) is 4.82. The van der Waals surface area contributed by atoms with Gasteiger partial charge in [0.2, 0.25) is 0 Å². The van der Waals surface area contributed by atoms with Gasteiger partial charge in [-0.05, 0) is 30.4 Å². The van der Waals surface area contributed by atoms with Crippen molar-refractivity contribution in [2.75, 3.05) is 0 Å². The number of hydrogen-bond donors (Lipinski definition) is 1. The Balaban J connectivity index is 1.88. The summed E-state index contributed by atoms with van der Waals surface area (Å²) in [5.41, 5.74) is 2.67. The van der Waals surface area contributed by atoms with Gasteiger partial charge in [0.05, 0.1) is 15.9 Å². The predicted molar refractivity (Wildman–Crippen MR) is 75.4 cm³/mol. The molecule has 0 spiro atoms. The van der Waals surface area contributed by atoms with Crippen molar-refractivity contribution < 1.29 is 0 Å². The van der Waals surface area contributed by atoms with E-state index >= 15 is 0 Å². The van der Waals surface area contributed by atoms with Crippen molar-refractivity contribution in [3.8, 4) is 11.4 Å². The van der Waals surface area contributed by atoms with Crippen LogP contribution in [-0.4, -0.2) is 15.0 Å². The fraction of sp³-hybridized carbons (Fsp3) is 0.214. The maximum Gasteiger partial charge on any atom is 0.251 e. The van der Waals surface area contributed by atoms with Crippen molar-refractivity contribution in [1.82, 2.24) is 15.0 Å². The molecule has 4 rings (SSSR count). The summed E-state index contributed by atoms with van der Waals surface area (Å²) in [6.45, 7) is 0. The van der Waals surface area contributed by atoms with E-state index in [1.54, 1.807) is 23.6 Å². The molecule has 4 nitrogen and oxygen atoms in total. The Kier molecular flexibility index (Phi) is 2.29. The number of nitrogens with zero attached hydrogens (tertiary/aromatic N) is 2. The number of nitrogens with one attached hydrogen (secondary N) is 1. The lowest BCUT2D eigenvalue weighted by Gasteiger charge is -2.03. The van der Waals surface area contributed by atoms with Crippen LogP contribution in [0.15, 0.2) is 34.6 Å². The van der Waals surface area contributed by atoms with Crippen LogP contribution in [0.5, 0.6) is 0 Å². The Labute approximate surface area is 113 Å². The van der Waals surface area contributed by atoms with Gasteiger partial charge in [0, 0.05) is 23.7 Å². The molecule has 94 valence electrons. The van der Waals surface area contributed by atoms with Gasteiger partial charge in [0.25, 0.3) is 5.56 Å². The molecule has 3 heterocycles. The van der Waals surface area contributed by atoms with E-state index in [0.717, 1.165) is 34.3 Å². The highest BCUT2D eigenvalue weighted by molar-refractivity contribution is 7.17. The summed E-state index contributed by atoms with van der Waals surface area (Å²) < 4.78 is 1.11. The van der Waals surface area contributed by atoms with Crippen LogP contribution in [0.25, 0.3) is 21.6 Å². The Morgan fingerprint density at radius 3 is 3.05 bits per heavy atom. The van der Waals surface area contributed by atoms with E-state index in [2.05, 4.69) is 15.0 Å². The molecule has 0 aromatic carbocycles. The Bertz CT molecular complexity index is 817. The average molecular weight is 269 g/mol. The van der Waals surface area contributed by atoms with Crippen LogP contribution in [0.3, 0.4) is 0 Å². The smallest absolute Gasteiger partial charge is 0.251 e. The molecular weight excluding hydrogens is 258 g/mol. The molecule has 1 aliphatic carbocycles. The van der Waals surface area contributed by atoms with E-state index in [1.165, 1.54) is 0 Å². The third-order valence-electron chi connectivity index (χ3n) is 3.33. The van der Waals surface area contributed by atoms with E-state index in [-0.39, 0.29) is 5.56 Å². The van der Waals surface area contributed by atoms with E-state index in [9.17, 15) is 4.79 Å². The first-order chi connectivity index (χ1) is 9.29. The Morgan fingerprint density at radius 2 is 2.21 bits per heavy atom. The zero-order valence-electron chi connectivity index (χ0n) is 10.1. The molecule has 3 aromatic rings. The summed E-state index contributed by atoms with van der Waals surface area (Å²) in [5, 5.41) is 2.01. The van der Waals surface area contributed by atoms with Gasteiger partial charge in [-0.3, -0.25) is 9.78 Å². The minimum Gasteiger partial charge on any atom is -0.306 e. The second kappa shape index (κ2) is 3.99. The Morgan fingerprint density at radius 1 is 1.32 bits per heavy atom. The molecule has 3 aromatic heterocycles. The molecule has 0 atom stereocenters. The third kappa shape index (κ3) is 1.96. The van der Waals surface area contributed by atoms with Crippen molar-refractivity contribution in [2.45, 2.75) is 18.8 Å². The largest absolute Gasteiger partial charge is 0.306 e. The van der Waals surface area contributed by atoms with Crippen LogP contribution in [0, 0.1) is 0 Å². The number of H-pyrrole nitrogens is 1. The van der Waals surface area contributed by atoms with Crippen LogP contribution in [-0.2, 0) is 0 Å². The normalized spacial score (nSPS) is 14.9. The van der Waals surface area contributed by atoms with E-state index in [0.29, 0.717) is 11.7 Å². The minimum absolute atomic E-state index is 0.0850. The van der Waals surface area contributed by atoms with Crippen LogP contribution in [0.2, 0.25) is 0 Å². The number of hydrogen-bond acceptors (Lipinski definition) is 4. The second-order valence-corrected chi connectivity index (χ2v) is 5.77. The topological polar surface area (TPSA) is 58.6 Å². The third-order valence-corrected chi connectivity index (χ3v) is 4.19. The van der Waals surface area contributed by atoms with Crippen LogP contribution < -0.4 is 5.56 Å². The molecule has 1 saturated carbocycles. The Hall–Kier alpha value is -2.01. The van der Waals surface area contributed by atoms with Crippen molar-refractivity contribution in [3.05, 3.63) is 45.8 Å². The molecule has 0 saturated heterocycles. The highest BCUT2D eigenvalue weighted by Crippen LogP contribution is 2.38. The van der Waals surface area contributed by atoms with Gasteiger partial charge in [-0.2, -0.15) is 0 Å². The molecule has 19 heavy (non-hydrogen) atoms. The number of fused-ring (bicyclic) bond motifs is 1. The standard InChI is InChI=1S/C14H11N3OS/c18-13-6-11(8-1-2-8)16-14(17-13)9-5-12-10(15-7-9)3-4-19-12/h3-8H,1-2H2,(H,16,17,18). The highest BCUT2D eigenvalue weighted by atomic mass is 32.1. The summed E-state index contributed by atoms with van der Waals surface area (Å²) in [6, 6.07) is 5.63. The molecular formula is C14H11N3OS. The predicted octanol–water partition coefficient (Wildman–Crippen LogP) is 2.92. The summed E-state index contributed by atoms with van der Waals surface area (Å²) in [5.74, 6) is 1.09. The van der Waals surface area contributed by atoms with Crippen LogP contribution in [0.4, 0.5) is 0 Å². The number of thiophene rings is 1. The van der Waals surface area contributed by atoms with Gasteiger partial charge < -0.3 is 4.98 Å². The lowest BCUT2D eigenvalue weighted by atomic mass is 10.2.